The van der Waals surface area contributed by atoms with Gasteiger partial charge in [-0.2, -0.15) is 0 Å². The molecule has 0 amide bonds. The summed E-state index contributed by atoms with van der Waals surface area (Å²) in [7, 11) is 1.82. The molecule has 0 unspecified atom stereocenters. The fraction of sp³-hybridized carbons (Fsp3) is 0.222. The molecule has 0 saturated heterocycles. The minimum absolute atomic E-state index is 0.0203. The van der Waals surface area contributed by atoms with Crippen molar-refractivity contribution >= 4 is 5.57 Å². The van der Waals surface area contributed by atoms with Crippen LogP contribution in [0.15, 0.2) is 42.5 Å². The van der Waals surface area contributed by atoms with Gasteiger partial charge in [-0.3, -0.25) is 0 Å². The number of aryl methyl sites for hydroxylation is 1. The Kier molecular flexibility index (Phi) is 4.41. The van der Waals surface area contributed by atoms with Crippen molar-refractivity contribution in [3.8, 4) is 11.3 Å². The molecule has 0 fully saturated rings. The predicted octanol–water partition coefficient (Wildman–Crippen LogP) is 5.26. The van der Waals surface area contributed by atoms with Gasteiger partial charge < -0.3 is 4.57 Å². The molecule has 2 rings (SSSR count). The third kappa shape index (κ3) is 2.68. The van der Waals surface area contributed by atoms with Gasteiger partial charge in [-0.15, -0.1) is 0 Å². The lowest BCUT2D eigenvalue weighted by atomic mass is 10.00. The number of rotatable bonds is 3. The summed E-state index contributed by atoms with van der Waals surface area (Å²) >= 11 is 0. The van der Waals surface area contributed by atoms with E-state index in [1.54, 1.807) is 0 Å². The van der Waals surface area contributed by atoms with Crippen LogP contribution in [0.4, 0.5) is 8.78 Å². The monoisotopic (exact) mass is 287 g/mol. The maximum Gasteiger partial charge on any atom is 0.135 e. The Labute approximate surface area is 124 Å². The Bertz CT molecular complexity index is 701. The summed E-state index contributed by atoms with van der Waals surface area (Å²) in [6.07, 6.45) is 5.80. The number of hydrogen-bond donors (Lipinski definition) is 0. The highest BCUT2D eigenvalue weighted by Gasteiger charge is 2.20. The Morgan fingerprint density at radius 1 is 1.14 bits per heavy atom. The van der Waals surface area contributed by atoms with E-state index in [1.807, 2.05) is 56.7 Å². The van der Waals surface area contributed by atoms with Crippen molar-refractivity contribution in [1.82, 2.24) is 4.57 Å². The maximum absolute atomic E-state index is 14.2. The van der Waals surface area contributed by atoms with E-state index >= 15 is 0 Å². The zero-order chi connectivity index (χ0) is 15.6. The highest BCUT2D eigenvalue weighted by atomic mass is 19.1. The van der Waals surface area contributed by atoms with E-state index in [9.17, 15) is 8.78 Å². The normalized spacial score (nSPS) is 12.4. The van der Waals surface area contributed by atoms with Crippen LogP contribution in [-0.2, 0) is 7.05 Å². The Morgan fingerprint density at radius 2 is 1.76 bits per heavy atom. The highest BCUT2D eigenvalue weighted by Crippen LogP contribution is 2.35. The predicted molar refractivity (Wildman–Crippen MR) is 84.0 cm³/mol. The van der Waals surface area contributed by atoms with Crippen LogP contribution in [0.2, 0.25) is 0 Å². The number of allylic oxidation sites excluding steroid dienone is 4. The van der Waals surface area contributed by atoms with Crippen LogP contribution in [0.5, 0.6) is 0 Å². The van der Waals surface area contributed by atoms with E-state index in [0.29, 0.717) is 5.69 Å². The van der Waals surface area contributed by atoms with Crippen LogP contribution in [-0.4, -0.2) is 4.57 Å². The molecular formula is C18H19F2N. The van der Waals surface area contributed by atoms with Gasteiger partial charge in [-0.25, -0.2) is 8.78 Å². The van der Waals surface area contributed by atoms with Crippen molar-refractivity contribution in [3.05, 3.63) is 65.4 Å². The molecule has 1 heterocycles. The van der Waals surface area contributed by atoms with Gasteiger partial charge in [0, 0.05) is 18.3 Å². The molecule has 0 aliphatic carbocycles. The molecule has 3 heteroatoms. The molecule has 0 saturated carbocycles. The fourth-order valence-electron chi connectivity index (χ4n) is 2.50. The molecule has 0 bridgehead atoms. The van der Waals surface area contributed by atoms with Crippen molar-refractivity contribution in [1.29, 1.82) is 0 Å². The lowest BCUT2D eigenvalue weighted by Crippen LogP contribution is -2.00. The van der Waals surface area contributed by atoms with E-state index < -0.39 is 11.6 Å². The summed E-state index contributed by atoms with van der Waals surface area (Å²) in [5.41, 5.74) is 3.31. The first kappa shape index (κ1) is 15.2. The van der Waals surface area contributed by atoms with E-state index in [1.165, 1.54) is 18.2 Å². The number of aromatic nitrogens is 1. The molecule has 1 nitrogen and oxygen atoms in total. The topological polar surface area (TPSA) is 4.93 Å². The van der Waals surface area contributed by atoms with Crippen LogP contribution in [0.25, 0.3) is 16.8 Å². The Balaban J connectivity index is 2.81. The van der Waals surface area contributed by atoms with Gasteiger partial charge in [0.25, 0.3) is 0 Å². The van der Waals surface area contributed by atoms with Gasteiger partial charge in [-0.05, 0) is 44.5 Å². The Hall–Kier alpha value is -2.16. The average Bonchev–Trinajstić information content (AvgIpc) is 2.73. The summed E-state index contributed by atoms with van der Waals surface area (Å²) < 4.78 is 30.2. The first-order chi connectivity index (χ1) is 10.0. The summed E-state index contributed by atoms with van der Waals surface area (Å²) in [5.74, 6) is -1.10. The standard InChI is InChI=1S/C18H19F2N/c1-5-8-13(6-2)14-11-12(3)21(4)18(14)17-15(19)9-7-10-16(17)20/h5-11H,1-4H3/b8-5-,13-6+. The summed E-state index contributed by atoms with van der Waals surface area (Å²) in [6.45, 7) is 5.76. The molecule has 2 aromatic rings. The second-order valence-corrected chi connectivity index (χ2v) is 4.95. The minimum atomic E-state index is -0.548. The number of hydrogen-bond acceptors (Lipinski definition) is 0. The maximum atomic E-state index is 14.2. The van der Waals surface area contributed by atoms with Crippen molar-refractivity contribution in [2.24, 2.45) is 7.05 Å². The number of halogens is 2. The molecule has 0 spiro atoms. The molecule has 21 heavy (non-hydrogen) atoms. The zero-order valence-corrected chi connectivity index (χ0v) is 12.7. The van der Waals surface area contributed by atoms with Crippen molar-refractivity contribution in [3.63, 3.8) is 0 Å². The highest BCUT2D eigenvalue weighted by molar-refractivity contribution is 5.85. The summed E-state index contributed by atoms with van der Waals surface area (Å²) in [6, 6.07) is 5.91. The molecule has 0 radical (unpaired) electrons. The summed E-state index contributed by atoms with van der Waals surface area (Å²) in [4.78, 5) is 0. The molecular weight excluding hydrogens is 268 g/mol. The Morgan fingerprint density at radius 3 is 2.29 bits per heavy atom. The van der Waals surface area contributed by atoms with Gasteiger partial charge in [-0.1, -0.05) is 24.3 Å². The quantitative estimate of drug-likeness (QED) is 0.679. The van der Waals surface area contributed by atoms with Crippen molar-refractivity contribution in [2.45, 2.75) is 20.8 Å². The van der Waals surface area contributed by atoms with Gasteiger partial charge in [0.15, 0.2) is 0 Å². The minimum Gasteiger partial charge on any atom is -0.347 e. The fourth-order valence-corrected chi connectivity index (χ4v) is 2.50. The number of benzene rings is 1. The molecule has 0 N–H and O–H groups in total. The van der Waals surface area contributed by atoms with E-state index in [4.69, 9.17) is 0 Å². The first-order valence-electron chi connectivity index (χ1n) is 6.91. The second kappa shape index (κ2) is 6.08. The van der Waals surface area contributed by atoms with Crippen LogP contribution in [0.1, 0.15) is 25.1 Å². The van der Waals surface area contributed by atoms with Crippen LogP contribution < -0.4 is 0 Å². The zero-order valence-electron chi connectivity index (χ0n) is 12.7. The molecule has 0 atom stereocenters. The number of nitrogens with zero attached hydrogens (tertiary/aromatic N) is 1. The van der Waals surface area contributed by atoms with E-state index in [2.05, 4.69) is 0 Å². The molecule has 110 valence electrons. The third-order valence-electron chi connectivity index (χ3n) is 3.64. The van der Waals surface area contributed by atoms with Gasteiger partial charge in [0.1, 0.15) is 11.6 Å². The van der Waals surface area contributed by atoms with Crippen LogP contribution in [0.3, 0.4) is 0 Å². The SMILES string of the molecule is C/C=C\C(=C/C)c1cc(C)n(C)c1-c1c(F)cccc1F. The third-order valence-corrected chi connectivity index (χ3v) is 3.64. The van der Waals surface area contributed by atoms with Crippen molar-refractivity contribution < 1.29 is 8.78 Å². The lowest BCUT2D eigenvalue weighted by Gasteiger charge is -2.11. The smallest absolute Gasteiger partial charge is 0.135 e. The molecule has 0 aliphatic heterocycles. The van der Waals surface area contributed by atoms with Gasteiger partial charge in [0.2, 0.25) is 0 Å². The van der Waals surface area contributed by atoms with E-state index in [-0.39, 0.29) is 5.56 Å². The van der Waals surface area contributed by atoms with Gasteiger partial charge in [0.05, 0.1) is 11.3 Å². The lowest BCUT2D eigenvalue weighted by molar-refractivity contribution is 0.587. The second-order valence-electron chi connectivity index (χ2n) is 4.95. The van der Waals surface area contributed by atoms with Crippen LogP contribution >= 0.6 is 0 Å². The first-order valence-corrected chi connectivity index (χ1v) is 6.91. The largest absolute Gasteiger partial charge is 0.347 e. The molecule has 1 aromatic carbocycles. The summed E-state index contributed by atoms with van der Waals surface area (Å²) in [5, 5.41) is 0. The average molecular weight is 287 g/mol. The van der Waals surface area contributed by atoms with Crippen molar-refractivity contribution in [2.75, 3.05) is 0 Å². The van der Waals surface area contributed by atoms with Gasteiger partial charge >= 0.3 is 0 Å². The molecule has 0 aliphatic rings. The van der Waals surface area contributed by atoms with Crippen LogP contribution in [0, 0.1) is 18.6 Å². The molecule has 1 aromatic heterocycles. The van der Waals surface area contributed by atoms with E-state index in [0.717, 1.165) is 16.8 Å².